The van der Waals surface area contributed by atoms with Gasteiger partial charge < -0.3 is 29.6 Å². The van der Waals surface area contributed by atoms with Crippen LogP contribution in [0.1, 0.15) is 45.1 Å². The molecule has 1 saturated heterocycles. The molecule has 1 aromatic carbocycles. The van der Waals surface area contributed by atoms with Crippen LogP contribution in [0.15, 0.2) is 78.5 Å². The van der Waals surface area contributed by atoms with Crippen molar-refractivity contribution in [2.24, 2.45) is 29.7 Å². The second-order valence-corrected chi connectivity index (χ2v) is 14.6. The standard InChI is InChI=1S/C38H47N5O5/c1-24-28(37(2)11-10-34(45)38(3,22-44)33(37)21-32(24)43-13-15-47-16-14-43)20-29(41-35-7-5-6-12-39-35)27-19-26(48-36(27)46)17-25-8-9-31-30(18-25)40-23-42(31)4/h5-9,12,17-19,23,28-29,32-34,44-45H,1,10-11,13-16,20-22H2,2-4H3,(H,39,41)/b26-17+/t28?,29?,32?,33?,34-,37-,38+/m1/s1. The Morgan fingerprint density at radius 2 is 2.00 bits per heavy atom. The highest BCUT2D eigenvalue weighted by atomic mass is 16.5. The van der Waals surface area contributed by atoms with E-state index in [1.54, 1.807) is 12.5 Å². The van der Waals surface area contributed by atoms with Gasteiger partial charge in [0, 0.05) is 37.8 Å². The Morgan fingerprint density at radius 3 is 2.75 bits per heavy atom. The largest absolute Gasteiger partial charge is 0.423 e. The minimum absolute atomic E-state index is 0.0167. The van der Waals surface area contributed by atoms with Crippen LogP contribution in [0, 0.1) is 22.7 Å². The summed E-state index contributed by atoms with van der Waals surface area (Å²) in [5, 5.41) is 25.7. The van der Waals surface area contributed by atoms with Crippen LogP contribution >= 0.6 is 0 Å². The molecule has 254 valence electrons. The second kappa shape index (κ2) is 12.9. The summed E-state index contributed by atoms with van der Waals surface area (Å²) >= 11 is 0. The molecule has 10 heteroatoms. The molecule has 0 bridgehead atoms. The Hall–Kier alpha value is -3.83. The predicted octanol–water partition coefficient (Wildman–Crippen LogP) is 4.72. The fraction of sp³-hybridized carbons (Fsp3) is 0.500. The number of allylic oxidation sites excluding steroid dienone is 1. The molecule has 4 aliphatic rings. The van der Waals surface area contributed by atoms with Crippen LogP contribution in [0.2, 0.25) is 0 Å². The summed E-state index contributed by atoms with van der Waals surface area (Å²) in [6.07, 6.45) is 9.45. The first-order valence-corrected chi connectivity index (χ1v) is 17.1. The van der Waals surface area contributed by atoms with E-state index in [1.807, 2.05) is 67.1 Å². The van der Waals surface area contributed by atoms with Gasteiger partial charge in [-0.1, -0.05) is 38.1 Å². The zero-order valence-electron chi connectivity index (χ0n) is 28.1. The summed E-state index contributed by atoms with van der Waals surface area (Å²) in [4.78, 5) is 25.2. The molecule has 10 nitrogen and oxygen atoms in total. The van der Waals surface area contributed by atoms with Crippen molar-refractivity contribution in [2.75, 3.05) is 38.2 Å². The topological polar surface area (TPSA) is 122 Å². The van der Waals surface area contributed by atoms with Crippen molar-refractivity contribution >= 4 is 28.9 Å². The maximum atomic E-state index is 13.7. The number of carbonyl (C=O) groups is 1. The van der Waals surface area contributed by atoms with Crippen molar-refractivity contribution in [3.8, 4) is 0 Å². The van der Waals surface area contributed by atoms with Crippen LogP contribution in [0.4, 0.5) is 5.82 Å². The van der Waals surface area contributed by atoms with E-state index in [0.717, 1.165) is 48.1 Å². The van der Waals surface area contributed by atoms with E-state index in [4.69, 9.17) is 16.1 Å². The fourth-order valence-electron chi connectivity index (χ4n) is 9.09. The molecule has 7 atom stereocenters. The third-order valence-electron chi connectivity index (χ3n) is 11.9. The number of aryl methyl sites for hydroxylation is 1. The molecule has 7 rings (SSSR count). The number of aliphatic hydroxyl groups is 2. The summed E-state index contributed by atoms with van der Waals surface area (Å²) in [7, 11) is 1.96. The molecule has 48 heavy (non-hydrogen) atoms. The van der Waals surface area contributed by atoms with Gasteiger partial charge >= 0.3 is 5.97 Å². The molecule has 4 heterocycles. The Morgan fingerprint density at radius 1 is 1.19 bits per heavy atom. The van der Waals surface area contributed by atoms with Gasteiger partial charge in [0.05, 0.1) is 54.9 Å². The second-order valence-electron chi connectivity index (χ2n) is 14.6. The molecular formula is C38H47N5O5. The maximum Gasteiger partial charge on any atom is 0.341 e. The molecular weight excluding hydrogens is 606 g/mol. The van der Waals surface area contributed by atoms with Crippen LogP contribution in [0.25, 0.3) is 17.1 Å². The van der Waals surface area contributed by atoms with Crippen LogP contribution in [0.5, 0.6) is 0 Å². The summed E-state index contributed by atoms with van der Waals surface area (Å²) < 4.78 is 13.6. The minimum Gasteiger partial charge on any atom is -0.423 e. The maximum absolute atomic E-state index is 13.7. The van der Waals surface area contributed by atoms with E-state index in [1.165, 1.54) is 0 Å². The number of fused-ring (bicyclic) bond motifs is 2. The molecule has 0 radical (unpaired) electrons. The number of aliphatic hydroxyl groups excluding tert-OH is 2. The highest BCUT2D eigenvalue weighted by molar-refractivity contribution is 5.95. The Labute approximate surface area is 282 Å². The monoisotopic (exact) mass is 653 g/mol. The number of aromatic nitrogens is 3. The summed E-state index contributed by atoms with van der Waals surface area (Å²) in [5.74, 6) is 0.780. The van der Waals surface area contributed by atoms with Gasteiger partial charge in [-0.15, -0.1) is 0 Å². The number of hydrogen-bond donors (Lipinski definition) is 3. The van der Waals surface area contributed by atoms with Crippen molar-refractivity contribution in [1.82, 2.24) is 19.4 Å². The first-order valence-electron chi connectivity index (χ1n) is 17.1. The number of pyridine rings is 1. The van der Waals surface area contributed by atoms with E-state index in [0.29, 0.717) is 43.2 Å². The lowest BCUT2D eigenvalue weighted by Crippen LogP contribution is -2.62. The molecule has 4 unspecified atom stereocenters. The number of imidazole rings is 1. The number of cyclic esters (lactones) is 1. The fourth-order valence-corrected chi connectivity index (χ4v) is 9.09. The number of nitrogens with zero attached hydrogens (tertiary/aromatic N) is 4. The molecule has 2 aliphatic heterocycles. The molecule has 0 amide bonds. The average molecular weight is 654 g/mol. The van der Waals surface area contributed by atoms with Gasteiger partial charge in [-0.3, -0.25) is 4.90 Å². The lowest BCUT2D eigenvalue weighted by Gasteiger charge is -2.62. The molecule has 2 aromatic heterocycles. The van der Waals surface area contributed by atoms with Crippen molar-refractivity contribution in [3.05, 3.63) is 84.0 Å². The normalized spacial score (nSPS) is 32.6. The summed E-state index contributed by atoms with van der Waals surface area (Å²) in [5.41, 5.74) is 3.55. The highest BCUT2D eigenvalue weighted by Crippen LogP contribution is 2.62. The predicted molar refractivity (Wildman–Crippen MR) is 185 cm³/mol. The lowest BCUT2D eigenvalue weighted by molar-refractivity contribution is -0.163. The summed E-state index contributed by atoms with van der Waals surface area (Å²) in [6.45, 7) is 12.0. The van der Waals surface area contributed by atoms with Crippen LogP contribution in [0.3, 0.4) is 0 Å². The number of rotatable bonds is 8. The molecule has 2 saturated carbocycles. The number of morpholine rings is 1. The van der Waals surface area contributed by atoms with E-state index >= 15 is 0 Å². The SMILES string of the molecule is C=C1C(N2CCOCC2)CC2[C@](C)(CC[C@@H](O)[C@@]2(C)CO)C1CC(Nc1ccccn1)C1=C/C(=C\c2ccc3c(c2)ncn3C)OC1=O. The lowest BCUT2D eigenvalue weighted by atomic mass is 9.45. The number of hydrogen-bond acceptors (Lipinski definition) is 9. The third-order valence-corrected chi connectivity index (χ3v) is 11.9. The van der Waals surface area contributed by atoms with E-state index in [2.05, 4.69) is 27.1 Å². The number of esters is 1. The Balaban J connectivity index is 1.26. The number of anilines is 1. The molecule has 3 fully saturated rings. The Kier molecular flexibility index (Phi) is 8.78. The van der Waals surface area contributed by atoms with Crippen LogP contribution < -0.4 is 5.32 Å². The van der Waals surface area contributed by atoms with Crippen LogP contribution in [-0.2, 0) is 21.3 Å². The number of nitrogens with one attached hydrogen (secondary N) is 1. The highest BCUT2D eigenvalue weighted by Gasteiger charge is 2.60. The summed E-state index contributed by atoms with van der Waals surface area (Å²) in [6, 6.07) is 11.3. The van der Waals surface area contributed by atoms with Gasteiger partial charge in [0.25, 0.3) is 0 Å². The van der Waals surface area contributed by atoms with Gasteiger partial charge in [-0.25, -0.2) is 14.8 Å². The van der Waals surface area contributed by atoms with E-state index < -0.39 is 17.6 Å². The van der Waals surface area contributed by atoms with Gasteiger partial charge in [0.2, 0.25) is 0 Å². The Bertz CT molecular complexity index is 1750. The molecule has 3 N–H and O–H groups in total. The zero-order valence-corrected chi connectivity index (χ0v) is 28.1. The van der Waals surface area contributed by atoms with Gasteiger partial charge in [-0.05, 0) is 84.9 Å². The number of carbonyl (C=O) groups excluding carboxylic acids is 1. The average Bonchev–Trinajstić information content (AvgIpc) is 3.65. The van der Waals surface area contributed by atoms with Gasteiger partial charge in [-0.2, -0.15) is 0 Å². The zero-order chi connectivity index (χ0) is 33.6. The van der Waals surface area contributed by atoms with Crippen molar-refractivity contribution < 1.29 is 24.5 Å². The minimum atomic E-state index is -0.656. The molecule has 0 spiro atoms. The quantitative estimate of drug-likeness (QED) is 0.234. The number of ether oxygens (including phenoxy) is 2. The molecule has 2 aliphatic carbocycles. The molecule has 3 aromatic rings. The van der Waals surface area contributed by atoms with Crippen molar-refractivity contribution in [1.29, 1.82) is 0 Å². The smallest absolute Gasteiger partial charge is 0.341 e. The van der Waals surface area contributed by atoms with E-state index in [-0.39, 0.29) is 35.9 Å². The first-order chi connectivity index (χ1) is 23.1. The first kappa shape index (κ1) is 32.7. The van der Waals surface area contributed by atoms with Gasteiger partial charge in [0.1, 0.15) is 11.6 Å². The third kappa shape index (κ3) is 5.78. The van der Waals surface area contributed by atoms with E-state index in [9.17, 15) is 15.0 Å². The van der Waals surface area contributed by atoms with Gasteiger partial charge in [0.15, 0.2) is 0 Å². The van der Waals surface area contributed by atoms with Crippen molar-refractivity contribution in [3.63, 3.8) is 0 Å². The van der Waals surface area contributed by atoms with Crippen LogP contribution in [-0.4, -0.2) is 86.7 Å². The number of benzene rings is 1. The van der Waals surface area contributed by atoms with Crippen molar-refractivity contribution in [2.45, 2.75) is 57.7 Å².